The Hall–Kier alpha value is -2.66. The van der Waals surface area contributed by atoms with Gasteiger partial charge in [0.25, 0.3) is 5.91 Å². The van der Waals surface area contributed by atoms with Crippen molar-refractivity contribution in [1.29, 1.82) is 0 Å². The fourth-order valence-electron chi connectivity index (χ4n) is 4.54. The SMILES string of the molecule is Cc1ccc(-c2cn3c(n2)sc2cc(C(=O)N[C@@H]4CCC[C@@H](C)[C@H]4C)ccc23)cc1. The molecule has 0 bridgehead atoms. The molecule has 0 unspecified atom stereocenters. The van der Waals surface area contributed by atoms with Crippen LogP contribution in [0.4, 0.5) is 0 Å². The van der Waals surface area contributed by atoms with Crippen LogP contribution in [0.3, 0.4) is 0 Å². The molecule has 154 valence electrons. The van der Waals surface area contributed by atoms with Crippen LogP contribution in [0.1, 0.15) is 49.0 Å². The van der Waals surface area contributed by atoms with E-state index < -0.39 is 0 Å². The lowest BCUT2D eigenvalue weighted by atomic mass is 9.78. The Labute approximate surface area is 181 Å². The molecule has 3 atom stereocenters. The predicted octanol–water partition coefficient (Wildman–Crippen LogP) is 6.08. The van der Waals surface area contributed by atoms with Crippen molar-refractivity contribution in [2.24, 2.45) is 11.8 Å². The Morgan fingerprint density at radius 3 is 2.73 bits per heavy atom. The van der Waals surface area contributed by atoms with E-state index in [9.17, 15) is 4.79 Å². The summed E-state index contributed by atoms with van der Waals surface area (Å²) in [6, 6.07) is 14.7. The summed E-state index contributed by atoms with van der Waals surface area (Å²) in [6.45, 7) is 6.64. The number of imidazole rings is 1. The first kappa shape index (κ1) is 19.3. The van der Waals surface area contributed by atoms with E-state index in [1.807, 2.05) is 18.2 Å². The van der Waals surface area contributed by atoms with E-state index in [-0.39, 0.29) is 11.9 Å². The Balaban J connectivity index is 1.42. The number of amides is 1. The van der Waals surface area contributed by atoms with Gasteiger partial charge in [-0.25, -0.2) is 4.98 Å². The van der Waals surface area contributed by atoms with Gasteiger partial charge in [-0.15, -0.1) is 0 Å². The van der Waals surface area contributed by atoms with Crippen LogP contribution in [-0.4, -0.2) is 21.3 Å². The zero-order valence-electron chi connectivity index (χ0n) is 17.7. The molecule has 0 radical (unpaired) electrons. The fraction of sp³-hybridized carbons (Fsp3) is 0.360. The summed E-state index contributed by atoms with van der Waals surface area (Å²) in [5.74, 6) is 1.23. The number of carbonyl (C=O) groups excluding carboxylic acids is 1. The van der Waals surface area contributed by atoms with Crippen LogP contribution in [-0.2, 0) is 0 Å². The molecule has 4 aromatic rings. The van der Waals surface area contributed by atoms with E-state index in [0.717, 1.165) is 38.4 Å². The lowest BCUT2D eigenvalue weighted by Gasteiger charge is -2.34. The smallest absolute Gasteiger partial charge is 0.251 e. The third-order valence-electron chi connectivity index (χ3n) is 6.73. The maximum absolute atomic E-state index is 12.9. The third-order valence-corrected chi connectivity index (χ3v) is 7.74. The Bertz CT molecular complexity index is 1220. The lowest BCUT2D eigenvalue weighted by Crippen LogP contribution is -2.43. The van der Waals surface area contributed by atoms with E-state index >= 15 is 0 Å². The van der Waals surface area contributed by atoms with Crippen LogP contribution < -0.4 is 5.32 Å². The van der Waals surface area contributed by atoms with Gasteiger partial charge in [-0.1, -0.05) is 67.9 Å². The zero-order valence-corrected chi connectivity index (χ0v) is 18.5. The average molecular weight is 418 g/mol. The van der Waals surface area contributed by atoms with Crippen molar-refractivity contribution in [2.75, 3.05) is 0 Å². The molecule has 0 saturated heterocycles. The van der Waals surface area contributed by atoms with Gasteiger partial charge < -0.3 is 5.32 Å². The second kappa shape index (κ2) is 7.55. The second-order valence-corrected chi connectivity index (χ2v) is 9.79. The van der Waals surface area contributed by atoms with Gasteiger partial charge in [-0.05, 0) is 43.4 Å². The summed E-state index contributed by atoms with van der Waals surface area (Å²) in [5.41, 5.74) is 5.17. The first-order chi connectivity index (χ1) is 14.5. The molecule has 1 N–H and O–H groups in total. The first-order valence-electron chi connectivity index (χ1n) is 10.8. The van der Waals surface area contributed by atoms with Crippen LogP contribution in [0.5, 0.6) is 0 Å². The minimum atomic E-state index is 0.0363. The molecule has 30 heavy (non-hydrogen) atoms. The van der Waals surface area contributed by atoms with Gasteiger partial charge in [0, 0.05) is 23.4 Å². The summed E-state index contributed by atoms with van der Waals surface area (Å²) >= 11 is 1.63. The molecule has 1 fully saturated rings. The summed E-state index contributed by atoms with van der Waals surface area (Å²) in [7, 11) is 0. The number of nitrogens with zero attached hydrogens (tertiary/aromatic N) is 2. The van der Waals surface area contributed by atoms with E-state index in [2.05, 4.69) is 61.0 Å². The van der Waals surface area contributed by atoms with Crippen molar-refractivity contribution in [3.63, 3.8) is 0 Å². The lowest BCUT2D eigenvalue weighted by molar-refractivity contribution is 0.0891. The highest BCUT2D eigenvalue weighted by molar-refractivity contribution is 7.23. The molecule has 1 amide bonds. The largest absolute Gasteiger partial charge is 0.349 e. The van der Waals surface area contributed by atoms with Gasteiger partial charge in [0.2, 0.25) is 0 Å². The molecule has 4 nitrogen and oxygen atoms in total. The average Bonchev–Trinajstić information content (AvgIpc) is 3.29. The topological polar surface area (TPSA) is 46.4 Å². The van der Waals surface area contributed by atoms with E-state index in [1.54, 1.807) is 11.3 Å². The number of aromatic nitrogens is 2. The van der Waals surface area contributed by atoms with Crippen molar-refractivity contribution in [3.8, 4) is 11.3 Å². The summed E-state index contributed by atoms with van der Waals surface area (Å²) < 4.78 is 3.22. The molecule has 5 rings (SSSR count). The van der Waals surface area contributed by atoms with E-state index in [1.165, 1.54) is 18.4 Å². The Morgan fingerprint density at radius 1 is 1.13 bits per heavy atom. The molecule has 0 spiro atoms. The van der Waals surface area contributed by atoms with Crippen LogP contribution in [0.2, 0.25) is 0 Å². The normalized spacial score (nSPS) is 21.9. The maximum atomic E-state index is 12.9. The monoisotopic (exact) mass is 417 g/mol. The van der Waals surface area contributed by atoms with Crippen LogP contribution in [0.25, 0.3) is 26.4 Å². The third kappa shape index (κ3) is 3.41. The number of hydrogen-bond donors (Lipinski definition) is 1. The standard InChI is InChI=1S/C25H27N3OS/c1-15-7-9-18(10-8-15)21-14-28-22-12-11-19(13-23(22)30-25(28)27-21)24(29)26-20-6-4-5-16(2)17(20)3/h7-14,16-17,20H,4-6H2,1-3H3,(H,26,29)/t16-,17-,20-/m1/s1. The quantitative estimate of drug-likeness (QED) is 0.439. The van der Waals surface area contributed by atoms with Gasteiger partial charge in [0.05, 0.1) is 15.9 Å². The van der Waals surface area contributed by atoms with E-state index in [0.29, 0.717) is 11.8 Å². The second-order valence-electron chi connectivity index (χ2n) is 8.78. The molecule has 1 saturated carbocycles. The Morgan fingerprint density at radius 2 is 1.93 bits per heavy atom. The molecule has 2 aromatic heterocycles. The number of hydrogen-bond acceptors (Lipinski definition) is 3. The number of carbonyl (C=O) groups is 1. The van der Waals surface area contributed by atoms with Crippen molar-refractivity contribution in [3.05, 3.63) is 59.8 Å². The van der Waals surface area contributed by atoms with Crippen molar-refractivity contribution in [2.45, 2.75) is 46.1 Å². The molecule has 5 heteroatoms. The predicted molar refractivity (Wildman–Crippen MR) is 124 cm³/mol. The molecule has 2 aromatic carbocycles. The fourth-order valence-corrected chi connectivity index (χ4v) is 5.59. The molecule has 2 heterocycles. The highest BCUT2D eigenvalue weighted by Crippen LogP contribution is 2.32. The highest BCUT2D eigenvalue weighted by atomic mass is 32.1. The zero-order chi connectivity index (χ0) is 20.8. The number of rotatable bonds is 3. The number of fused-ring (bicyclic) bond motifs is 3. The molecule has 1 aliphatic carbocycles. The molecular formula is C25H27N3OS. The maximum Gasteiger partial charge on any atom is 0.251 e. The van der Waals surface area contributed by atoms with Crippen molar-refractivity contribution >= 4 is 32.4 Å². The highest BCUT2D eigenvalue weighted by Gasteiger charge is 2.28. The minimum Gasteiger partial charge on any atom is -0.349 e. The van der Waals surface area contributed by atoms with Crippen molar-refractivity contribution in [1.82, 2.24) is 14.7 Å². The van der Waals surface area contributed by atoms with E-state index in [4.69, 9.17) is 4.98 Å². The summed E-state index contributed by atoms with van der Waals surface area (Å²) in [5, 5.41) is 3.29. The van der Waals surface area contributed by atoms with Gasteiger partial charge in [-0.2, -0.15) is 0 Å². The van der Waals surface area contributed by atoms with Crippen LogP contribution >= 0.6 is 11.3 Å². The van der Waals surface area contributed by atoms with Crippen LogP contribution in [0, 0.1) is 18.8 Å². The number of benzene rings is 2. The van der Waals surface area contributed by atoms with Gasteiger partial charge in [-0.3, -0.25) is 9.20 Å². The number of aryl methyl sites for hydroxylation is 1. The first-order valence-corrected chi connectivity index (χ1v) is 11.6. The molecule has 1 aliphatic rings. The minimum absolute atomic E-state index is 0.0363. The van der Waals surface area contributed by atoms with Crippen molar-refractivity contribution < 1.29 is 4.79 Å². The van der Waals surface area contributed by atoms with Gasteiger partial charge >= 0.3 is 0 Å². The number of nitrogens with one attached hydrogen (secondary N) is 1. The molecular weight excluding hydrogens is 390 g/mol. The number of thiazole rings is 1. The van der Waals surface area contributed by atoms with Crippen LogP contribution in [0.15, 0.2) is 48.7 Å². The summed E-state index contributed by atoms with van der Waals surface area (Å²) in [4.78, 5) is 18.7. The van der Waals surface area contributed by atoms with Gasteiger partial charge in [0.15, 0.2) is 4.96 Å². The summed E-state index contributed by atoms with van der Waals surface area (Å²) in [6.07, 6.45) is 5.62. The Kier molecular flexibility index (Phi) is 4.86. The van der Waals surface area contributed by atoms with Gasteiger partial charge in [0.1, 0.15) is 0 Å². The molecule has 0 aliphatic heterocycles.